The molecule has 0 atom stereocenters. The zero-order chi connectivity index (χ0) is 22.0. The second kappa shape index (κ2) is 8.62. The molecule has 0 bridgehead atoms. The van der Waals surface area contributed by atoms with Gasteiger partial charge in [0.05, 0.1) is 17.9 Å². The number of anilines is 1. The summed E-state index contributed by atoms with van der Waals surface area (Å²) in [5.41, 5.74) is 1.86. The van der Waals surface area contributed by atoms with Gasteiger partial charge >= 0.3 is 0 Å². The molecule has 0 aliphatic carbocycles. The first-order valence-corrected chi connectivity index (χ1v) is 9.67. The predicted molar refractivity (Wildman–Crippen MR) is 107 cm³/mol. The number of ether oxygens (including phenoxy) is 1. The minimum absolute atomic E-state index is 0.0335. The Morgan fingerprint density at radius 2 is 1.84 bits per heavy atom. The van der Waals surface area contributed by atoms with Gasteiger partial charge < -0.3 is 14.5 Å². The van der Waals surface area contributed by atoms with Crippen molar-refractivity contribution in [1.82, 2.24) is 30.1 Å². The van der Waals surface area contributed by atoms with Gasteiger partial charge in [0.1, 0.15) is 12.3 Å². The molecule has 1 aliphatic rings. The summed E-state index contributed by atoms with van der Waals surface area (Å²) in [7, 11) is 1.77. The van der Waals surface area contributed by atoms with Crippen LogP contribution in [-0.4, -0.2) is 62.7 Å². The van der Waals surface area contributed by atoms with Crippen LogP contribution in [0.3, 0.4) is 0 Å². The molecule has 3 heterocycles. The molecule has 4 rings (SSSR count). The van der Waals surface area contributed by atoms with Crippen molar-refractivity contribution >= 4 is 11.7 Å². The van der Waals surface area contributed by atoms with Crippen LogP contribution in [0.5, 0.6) is 5.88 Å². The second-order valence-electron chi connectivity index (χ2n) is 7.18. The molecule has 1 aliphatic heterocycles. The van der Waals surface area contributed by atoms with Gasteiger partial charge in [0.15, 0.2) is 5.82 Å². The molecule has 3 aromatic rings. The molecule has 0 saturated carbocycles. The first-order valence-electron chi connectivity index (χ1n) is 9.67. The van der Waals surface area contributed by atoms with Crippen LogP contribution in [-0.2, 0) is 11.4 Å². The Hall–Kier alpha value is -3.63. The SMILES string of the molecule is Cc1nnn(-c2ccc(C(F)F)cc2)c1COc1ccc(N2CCN(C)C(=O)C2)nn1. The van der Waals surface area contributed by atoms with Gasteiger partial charge in [-0.2, -0.15) is 0 Å². The van der Waals surface area contributed by atoms with Gasteiger partial charge in [0, 0.05) is 31.8 Å². The fraction of sp³-hybridized carbons (Fsp3) is 0.350. The Morgan fingerprint density at radius 1 is 1.06 bits per heavy atom. The molecule has 1 amide bonds. The third-order valence-electron chi connectivity index (χ3n) is 5.11. The number of piperazine rings is 1. The molecule has 0 spiro atoms. The number of benzene rings is 1. The summed E-state index contributed by atoms with van der Waals surface area (Å²) in [5.74, 6) is 0.950. The van der Waals surface area contributed by atoms with E-state index >= 15 is 0 Å². The van der Waals surface area contributed by atoms with E-state index in [2.05, 4.69) is 20.5 Å². The number of halogens is 2. The second-order valence-corrected chi connectivity index (χ2v) is 7.18. The number of rotatable bonds is 6. The van der Waals surface area contributed by atoms with E-state index in [-0.39, 0.29) is 24.6 Å². The van der Waals surface area contributed by atoms with Crippen LogP contribution in [0.2, 0.25) is 0 Å². The standard InChI is InChI=1S/C20H21F2N7O2/c1-13-16(29(26-23-13)15-5-3-14(4-6-15)20(21)22)12-31-18-8-7-17(24-25-18)28-10-9-27(2)19(30)11-28/h3-8,20H,9-12H2,1-2H3. The largest absolute Gasteiger partial charge is 0.470 e. The van der Waals surface area contributed by atoms with Crippen LogP contribution in [0, 0.1) is 6.92 Å². The maximum atomic E-state index is 12.8. The van der Waals surface area contributed by atoms with Crippen molar-refractivity contribution in [3.63, 3.8) is 0 Å². The summed E-state index contributed by atoms with van der Waals surface area (Å²) >= 11 is 0. The number of carbonyl (C=O) groups is 1. The number of carbonyl (C=O) groups excluding carboxylic acids is 1. The maximum Gasteiger partial charge on any atom is 0.263 e. The monoisotopic (exact) mass is 429 g/mol. The van der Waals surface area contributed by atoms with Gasteiger partial charge in [-0.1, -0.05) is 17.3 Å². The fourth-order valence-electron chi connectivity index (χ4n) is 3.17. The van der Waals surface area contributed by atoms with Crippen LogP contribution in [0.4, 0.5) is 14.6 Å². The molecule has 31 heavy (non-hydrogen) atoms. The fourth-order valence-corrected chi connectivity index (χ4v) is 3.17. The van der Waals surface area contributed by atoms with Gasteiger partial charge in [-0.25, -0.2) is 13.5 Å². The van der Waals surface area contributed by atoms with Crippen LogP contribution in [0.25, 0.3) is 5.69 Å². The molecule has 0 N–H and O–H groups in total. The Morgan fingerprint density at radius 3 is 2.48 bits per heavy atom. The molecule has 9 nitrogen and oxygen atoms in total. The van der Waals surface area contributed by atoms with E-state index in [4.69, 9.17) is 4.74 Å². The third kappa shape index (κ3) is 4.44. The zero-order valence-corrected chi connectivity index (χ0v) is 17.1. The van der Waals surface area contributed by atoms with Crippen molar-refractivity contribution in [3.05, 3.63) is 53.3 Å². The number of amides is 1. The van der Waals surface area contributed by atoms with Crippen LogP contribution >= 0.6 is 0 Å². The van der Waals surface area contributed by atoms with Gasteiger partial charge in [-0.05, 0) is 25.1 Å². The third-order valence-corrected chi connectivity index (χ3v) is 5.11. The van der Waals surface area contributed by atoms with Crippen molar-refractivity contribution in [2.75, 3.05) is 31.6 Å². The lowest BCUT2D eigenvalue weighted by molar-refractivity contribution is -0.129. The smallest absolute Gasteiger partial charge is 0.263 e. The van der Waals surface area contributed by atoms with E-state index in [9.17, 15) is 13.6 Å². The highest BCUT2D eigenvalue weighted by molar-refractivity contribution is 5.82. The van der Waals surface area contributed by atoms with Gasteiger partial charge in [0.25, 0.3) is 6.43 Å². The van der Waals surface area contributed by atoms with E-state index < -0.39 is 6.43 Å². The van der Waals surface area contributed by atoms with Crippen LogP contribution in [0.15, 0.2) is 36.4 Å². The number of hydrogen-bond donors (Lipinski definition) is 0. The summed E-state index contributed by atoms with van der Waals surface area (Å²) in [6.45, 7) is 3.49. The predicted octanol–water partition coefficient (Wildman–Crippen LogP) is 2.16. The molecule has 0 radical (unpaired) electrons. The Balaban J connectivity index is 1.44. The van der Waals surface area contributed by atoms with E-state index in [0.29, 0.717) is 41.9 Å². The molecule has 162 valence electrons. The van der Waals surface area contributed by atoms with Gasteiger partial charge in [-0.15, -0.1) is 15.3 Å². The van der Waals surface area contributed by atoms with Crippen molar-refractivity contribution in [3.8, 4) is 11.6 Å². The number of nitrogens with zero attached hydrogens (tertiary/aromatic N) is 7. The lowest BCUT2D eigenvalue weighted by atomic mass is 10.2. The lowest BCUT2D eigenvalue weighted by Gasteiger charge is -2.32. The summed E-state index contributed by atoms with van der Waals surface area (Å²) in [6.07, 6.45) is -2.53. The molecular weight excluding hydrogens is 408 g/mol. The first kappa shape index (κ1) is 20.6. The molecule has 11 heteroatoms. The van der Waals surface area contributed by atoms with E-state index in [1.165, 1.54) is 12.1 Å². The Kier molecular flexibility index (Phi) is 5.74. The van der Waals surface area contributed by atoms with Crippen molar-refractivity contribution in [1.29, 1.82) is 0 Å². The van der Waals surface area contributed by atoms with Crippen molar-refractivity contribution < 1.29 is 18.3 Å². The van der Waals surface area contributed by atoms with E-state index in [1.54, 1.807) is 47.8 Å². The molecule has 2 aromatic heterocycles. The Labute approximate surface area is 177 Å². The minimum Gasteiger partial charge on any atom is -0.470 e. The van der Waals surface area contributed by atoms with E-state index in [0.717, 1.165) is 0 Å². The first-order chi connectivity index (χ1) is 14.9. The van der Waals surface area contributed by atoms with E-state index in [1.807, 2.05) is 4.90 Å². The van der Waals surface area contributed by atoms with Crippen molar-refractivity contribution in [2.45, 2.75) is 20.0 Å². The highest BCUT2D eigenvalue weighted by atomic mass is 19.3. The normalized spacial score (nSPS) is 14.4. The topological polar surface area (TPSA) is 89.3 Å². The number of hydrogen-bond acceptors (Lipinski definition) is 7. The number of aryl methyl sites for hydroxylation is 1. The summed E-state index contributed by atoms with van der Waals surface area (Å²) in [5, 5.41) is 16.4. The maximum absolute atomic E-state index is 12.8. The highest BCUT2D eigenvalue weighted by Crippen LogP contribution is 2.22. The summed E-state index contributed by atoms with van der Waals surface area (Å²) in [6, 6.07) is 9.28. The molecule has 1 aromatic carbocycles. The summed E-state index contributed by atoms with van der Waals surface area (Å²) < 4.78 is 32.9. The van der Waals surface area contributed by atoms with Crippen LogP contribution in [0.1, 0.15) is 23.4 Å². The zero-order valence-electron chi connectivity index (χ0n) is 17.1. The average molecular weight is 429 g/mol. The quantitative estimate of drug-likeness (QED) is 0.593. The van der Waals surface area contributed by atoms with Gasteiger partial charge in [-0.3, -0.25) is 4.79 Å². The van der Waals surface area contributed by atoms with Crippen LogP contribution < -0.4 is 9.64 Å². The number of alkyl halides is 2. The molecule has 0 unspecified atom stereocenters. The molecular formula is C20H21F2N7O2. The minimum atomic E-state index is -2.53. The molecule has 1 saturated heterocycles. The summed E-state index contributed by atoms with van der Waals surface area (Å²) in [4.78, 5) is 15.4. The Bertz CT molecular complexity index is 1050. The lowest BCUT2D eigenvalue weighted by Crippen LogP contribution is -2.48. The van der Waals surface area contributed by atoms with Crippen molar-refractivity contribution in [2.24, 2.45) is 0 Å². The number of aromatic nitrogens is 5. The molecule has 1 fully saturated rings. The number of likely N-dealkylation sites (N-methyl/N-ethyl adjacent to an activating group) is 1. The highest BCUT2D eigenvalue weighted by Gasteiger charge is 2.22. The average Bonchev–Trinajstić information content (AvgIpc) is 3.15. The van der Waals surface area contributed by atoms with Gasteiger partial charge in [0.2, 0.25) is 11.8 Å².